The monoisotopic (exact) mass is 296 g/mol. The molecule has 0 aliphatic carbocycles. The van der Waals surface area contributed by atoms with Crippen molar-refractivity contribution in [2.45, 2.75) is 33.2 Å². The maximum Gasteiger partial charge on any atom is 0.310 e. The predicted octanol–water partition coefficient (Wildman–Crippen LogP) is 0.511. The average molecular weight is 296 g/mol. The van der Waals surface area contributed by atoms with Crippen molar-refractivity contribution in [3.63, 3.8) is 0 Å². The highest BCUT2D eigenvalue weighted by Gasteiger charge is 2.42. The Morgan fingerprint density at radius 1 is 1.24 bits per heavy atom. The molecule has 0 bridgehead atoms. The van der Waals surface area contributed by atoms with Gasteiger partial charge in [0.25, 0.3) is 0 Å². The van der Waals surface area contributed by atoms with Gasteiger partial charge < -0.3 is 14.5 Å². The molecule has 3 atom stereocenters. The molecule has 0 aromatic rings. The van der Waals surface area contributed by atoms with Crippen LogP contribution in [0.5, 0.6) is 0 Å². The minimum Gasteiger partial charge on any atom is -0.469 e. The van der Waals surface area contributed by atoms with E-state index in [1.165, 1.54) is 7.11 Å². The summed E-state index contributed by atoms with van der Waals surface area (Å²) < 4.78 is 4.78. The molecule has 2 heterocycles. The van der Waals surface area contributed by atoms with Crippen LogP contribution in [-0.2, 0) is 19.1 Å². The van der Waals surface area contributed by atoms with Crippen LogP contribution in [0.3, 0.4) is 0 Å². The van der Waals surface area contributed by atoms with Gasteiger partial charge in [-0.2, -0.15) is 0 Å². The van der Waals surface area contributed by atoms with Crippen LogP contribution in [0.15, 0.2) is 0 Å². The predicted molar refractivity (Wildman–Crippen MR) is 76.2 cm³/mol. The van der Waals surface area contributed by atoms with Crippen LogP contribution >= 0.6 is 0 Å². The van der Waals surface area contributed by atoms with Gasteiger partial charge in [0.15, 0.2) is 0 Å². The zero-order valence-corrected chi connectivity index (χ0v) is 13.2. The summed E-state index contributed by atoms with van der Waals surface area (Å²) in [6.07, 6.45) is 0.283. The molecule has 2 fully saturated rings. The Morgan fingerprint density at radius 2 is 1.90 bits per heavy atom. The molecule has 6 heteroatoms. The fraction of sp³-hybridized carbons (Fsp3) is 0.800. The summed E-state index contributed by atoms with van der Waals surface area (Å²) in [5.41, 5.74) is 0. The Kier molecular flexibility index (Phi) is 4.54. The number of likely N-dealkylation sites (tertiary alicyclic amines) is 2. The molecule has 0 spiro atoms. The van der Waals surface area contributed by atoms with Crippen LogP contribution in [0, 0.1) is 17.8 Å². The summed E-state index contributed by atoms with van der Waals surface area (Å²) in [7, 11) is 1.37. The van der Waals surface area contributed by atoms with Crippen molar-refractivity contribution in [2.75, 3.05) is 26.7 Å². The van der Waals surface area contributed by atoms with Crippen LogP contribution in [0.25, 0.3) is 0 Å². The first kappa shape index (κ1) is 15.8. The highest BCUT2D eigenvalue weighted by Crippen LogP contribution is 2.28. The Bertz CT molecular complexity index is 449. The largest absolute Gasteiger partial charge is 0.469 e. The van der Waals surface area contributed by atoms with E-state index >= 15 is 0 Å². The van der Waals surface area contributed by atoms with E-state index in [0.717, 1.165) is 0 Å². The second-order valence-corrected chi connectivity index (χ2v) is 6.39. The molecule has 2 rings (SSSR count). The number of ether oxygens (including phenoxy) is 1. The highest BCUT2D eigenvalue weighted by atomic mass is 16.5. The van der Waals surface area contributed by atoms with Gasteiger partial charge in [-0.25, -0.2) is 0 Å². The Labute approximate surface area is 125 Å². The molecule has 0 aromatic heterocycles. The lowest BCUT2D eigenvalue weighted by molar-refractivity contribution is -0.146. The number of carbonyl (C=O) groups is 3. The van der Waals surface area contributed by atoms with Crippen LogP contribution in [-0.4, -0.2) is 60.4 Å². The number of carbonyl (C=O) groups excluding carboxylic acids is 3. The summed E-state index contributed by atoms with van der Waals surface area (Å²) in [5, 5.41) is 0. The number of methoxy groups -OCH3 is 1. The molecule has 2 saturated heterocycles. The fourth-order valence-electron chi connectivity index (χ4n) is 3.26. The summed E-state index contributed by atoms with van der Waals surface area (Å²) in [4.78, 5) is 39.6. The third-order valence-electron chi connectivity index (χ3n) is 4.56. The van der Waals surface area contributed by atoms with Crippen molar-refractivity contribution in [3.8, 4) is 0 Å². The number of nitrogens with zero attached hydrogens (tertiary/aromatic N) is 2. The molecule has 0 N–H and O–H groups in total. The molecular formula is C15H24N2O4. The number of amides is 2. The first-order valence-corrected chi connectivity index (χ1v) is 7.51. The molecular weight excluding hydrogens is 272 g/mol. The SMILES string of the molecule is COC(=O)C1CN(C(=O)C2CC(=O)N(C(C)C)C2)CC1C. The van der Waals surface area contributed by atoms with Crippen molar-refractivity contribution >= 4 is 17.8 Å². The van der Waals surface area contributed by atoms with Crippen molar-refractivity contribution < 1.29 is 19.1 Å². The topological polar surface area (TPSA) is 66.9 Å². The van der Waals surface area contributed by atoms with E-state index in [-0.39, 0.29) is 48.0 Å². The van der Waals surface area contributed by atoms with Gasteiger partial charge in [0, 0.05) is 32.1 Å². The van der Waals surface area contributed by atoms with E-state index < -0.39 is 0 Å². The third-order valence-corrected chi connectivity index (χ3v) is 4.56. The lowest BCUT2D eigenvalue weighted by Crippen LogP contribution is -2.37. The summed E-state index contributed by atoms with van der Waals surface area (Å²) in [6.45, 7) is 7.31. The Hall–Kier alpha value is -1.59. The van der Waals surface area contributed by atoms with Gasteiger partial charge in [0.2, 0.25) is 11.8 Å². The molecule has 0 radical (unpaired) electrons. The molecule has 21 heavy (non-hydrogen) atoms. The first-order chi connectivity index (χ1) is 9.85. The second kappa shape index (κ2) is 6.03. The fourth-order valence-corrected chi connectivity index (χ4v) is 3.26. The Balaban J connectivity index is 1.99. The minimum absolute atomic E-state index is 0.00949. The number of rotatable bonds is 3. The lowest BCUT2D eigenvalue weighted by Gasteiger charge is -2.23. The summed E-state index contributed by atoms with van der Waals surface area (Å²) >= 11 is 0. The molecule has 3 unspecified atom stereocenters. The quantitative estimate of drug-likeness (QED) is 0.712. The molecule has 2 aliphatic heterocycles. The van der Waals surface area contributed by atoms with Crippen LogP contribution in [0.2, 0.25) is 0 Å². The van der Waals surface area contributed by atoms with Gasteiger partial charge in [-0.05, 0) is 19.8 Å². The molecule has 6 nitrogen and oxygen atoms in total. The molecule has 118 valence electrons. The van der Waals surface area contributed by atoms with Gasteiger partial charge in [-0.3, -0.25) is 14.4 Å². The van der Waals surface area contributed by atoms with Crippen LogP contribution in [0.4, 0.5) is 0 Å². The number of hydrogen-bond donors (Lipinski definition) is 0. The van der Waals surface area contributed by atoms with Crippen molar-refractivity contribution in [1.29, 1.82) is 0 Å². The molecule has 2 amide bonds. The standard InChI is InChI=1S/C15H24N2O4/c1-9(2)17-7-11(5-13(17)18)14(19)16-6-10(3)12(8-16)15(20)21-4/h9-12H,5-8H2,1-4H3. The van der Waals surface area contributed by atoms with E-state index in [1.807, 2.05) is 20.8 Å². The normalized spacial score (nSPS) is 29.4. The first-order valence-electron chi connectivity index (χ1n) is 7.51. The van der Waals surface area contributed by atoms with Gasteiger partial charge >= 0.3 is 5.97 Å². The van der Waals surface area contributed by atoms with E-state index in [0.29, 0.717) is 19.6 Å². The zero-order valence-electron chi connectivity index (χ0n) is 13.2. The van der Waals surface area contributed by atoms with E-state index in [9.17, 15) is 14.4 Å². The van der Waals surface area contributed by atoms with Gasteiger partial charge in [0.05, 0.1) is 18.9 Å². The van der Waals surface area contributed by atoms with E-state index in [2.05, 4.69) is 0 Å². The average Bonchev–Trinajstić information content (AvgIpc) is 3.00. The summed E-state index contributed by atoms with van der Waals surface area (Å²) in [6, 6.07) is 0.121. The molecule has 0 saturated carbocycles. The van der Waals surface area contributed by atoms with Crippen molar-refractivity contribution in [1.82, 2.24) is 9.80 Å². The summed E-state index contributed by atoms with van der Waals surface area (Å²) in [5.74, 6) is -0.658. The van der Waals surface area contributed by atoms with E-state index in [4.69, 9.17) is 4.74 Å². The third kappa shape index (κ3) is 3.04. The maximum atomic E-state index is 12.6. The van der Waals surface area contributed by atoms with E-state index in [1.54, 1.807) is 9.80 Å². The Morgan fingerprint density at radius 3 is 2.43 bits per heavy atom. The highest BCUT2D eigenvalue weighted by molar-refractivity contribution is 5.90. The van der Waals surface area contributed by atoms with Gasteiger partial charge in [-0.15, -0.1) is 0 Å². The smallest absolute Gasteiger partial charge is 0.310 e. The van der Waals surface area contributed by atoms with Crippen LogP contribution < -0.4 is 0 Å². The molecule has 2 aliphatic rings. The van der Waals surface area contributed by atoms with Crippen LogP contribution in [0.1, 0.15) is 27.2 Å². The number of hydrogen-bond acceptors (Lipinski definition) is 4. The van der Waals surface area contributed by atoms with Crippen molar-refractivity contribution in [3.05, 3.63) is 0 Å². The number of esters is 1. The van der Waals surface area contributed by atoms with Gasteiger partial charge in [-0.1, -0.05) is 6.92 Å². The second-order valence-electron chi connectivity index (χ2n) is 6.39. The van der Waals surface area contributed by atoms with Gasteiger partial charge in [0.1, 0.15) is 0 Å². The van der Waals surface area contributed by atoms with Crippen molar-refractivity contribution in [2.24, 2.45) is 17.8 Å². The lowest BCUT2D eigenvalue weighted by atomic mass is 9.99. The zero-order chi connectivity index (χ0) is 15.7. The minimum atomic E-state index is -0.275. The molecule has 0 aromatic carbocycles. The maximum absolute atomic E-state index is 12.6.